The number of halogens is 2. The maximum Gasteiger partial charge on any atom is 0.262 e. The van der Waals surface area contributed by atoms with E-state index in [1.54, 1.807) is 22.9 Å². The Morgan fingerprint density at radius 1 is 1.37 bits per heavy atom. The number of amides is 1. The van der Waals surface area contributed by atoms with Gasteiger partial charge in [-0.2, -0.15) is 5.10 Å². The number of nitrogens with zero attached hydrogens (tertiary/aromatic N) is 2. The standard InChI is InChI=1S/C18H21ClFN5OS/c1-11(2)10-25-17(19)13(12(3)24-25)8-9-16(26)22-23-18(27)21-15-7-5-4-6-14(15)20/h4-9,11H,10H2,1-3H3,(H,22,26)(H2,21,23,27)/b9-8+. The first-order chi connectivity index (χ1) is 12.8. The third-order valence-electron chi connectivity index (χ3n) is 3.47. The number of anilines is 1. The van der Waals surface area contributed by atoms with Crippen molar-refractivity contribution in [1.82, 2.24) is 20.6 Å². The second-order valence-electron chi connectivity index (χ2n) is 6.25. The molecule has 3 N–H and O–H groups in total. The minimum atomic E-state index is -0.448. The molecule has 1 aromatic carbocycles. The fourth-order valence-corrected chi connectivity index (χ4v) is 2.73. The van der Waals surface area contributed by atoms with Gasteiger partial charge in [0.15, 0.2) is 5.11 Å². The van der Waals surface area contributed by atoms with Crippen LogP contribution in [0.25, 0.3) is 6.08 Å². The maximum absolute atomic E-state index is 13.5. The van der Waals surface area contributed by atoms with E-state index in [0.29, 0.717) is 23.2 Å². The van der Waals surface area contributed by atoms with Crippen LogP contribution in [0.15, 0.2) is 30.3 Å². The van der Waals surface area contributed by atoms with Crippen LogP contribution in [-0.4, -0.2) is 20.8 Å². The first-order valence-electron chi connectivity index (χ1n) is 8.30. The SMILES string of the molecule is Cc1nn(CC(C)C)c(Cl)c1/C=C/C(=O)NNC(=S)Nc1ccccc1F. The van der Waals surface area contributed by atoms with Gasteiger partial charge in [-0.1, -0.05) is 37.6 Å². The Balaban J connectivity index is 1.91. The van der Waals surface area contributed by atoms with Crippen molar-refractivity contribution in [3.8, 4) is 0 Å². The lowest BCUT2D eigenvalue weighted by Gasteiger charge is -2.10. The predicted octanol–water partition coefficient (Wildman–Crippen LogP) is 3.67. The Hall–Kier alpha value is -2.45. The van der Waals surface area contributed by atoms with E-state index in [4.69, 9.17) is 23.8 Å². The summed E-state index contributed by atoms with van der Waals surface area (Å²) in [6.45, 7) is 6.66. The topological polar surface area (TPSA) is 71.0 Å². The maximum atomic E-state index is 13.5. The van der Waals surface area contributed by atoms with Crippen LogP contribution in [-0.2, 0) is 11.3 Å². The molecule has 2 rings (SSSR count). The highest BCUT2D eigenvalue weighted by molar-refractivity contribution is 7.80. The van der Waals surface area contributed by atoms with Crippen molar-refractivity contribution in [2.75, 3.05) is 5.32 Å². The van der Waals surface area contributed by atoms with Gasteiger partial charge in [-0.05, 0) is 43.3 Å². The van der Waals surface area contributed by atoms with Gasteiger partial charge in [-0.25, -0.2) is 4.39 Å². The van der Waals surface area contributed by atoms with E-state index in [1.807, 2.05) is 6.92 Å². The third kappa shape index (κ3) is 6.04. The Kier molecular flexibility index (Phi) is 7.32. The lowest BCUT2D eigenvalue weighted by atomic mass is 10.2. The summed E-state index contributed by atoms with van der Waals surface area (Å²) >= 11 is 11.3. The molecule has 9 heteroatoms. The van der Waals surface area contributed by atoms with Crippen molar-refractivity contribution in [2.45, 2.75) is 27.3 Å². The molecule has 0 aliphatic carbocycles. The fourth-order valence-electron chi connectivity index (χ4n) is 2.26. The lowest BCUT2D eigenvalue weighted by Crippen LogP contribution is -2.43. The van der Waals surface area contributed by atoms with Crippen LogP contribution in [0.2, 0.25) is 5.15 Å². The average molecular weight is 410 g/mol. The molecule has 0 atom stereocenters. The Labute approximate surface area is 167 Å². The number of carbonyl (C=O) groups is 1. The molecular weight excluding hydrogens is 389 g/mol. The summed E-state index contributed by atoms with van der Waals surface area (Å²) in [5.74, 6) is -0.495. The van der Waals surface area contributed by atoms with Crippen molar-refractivity contribution in [3.05, 3.63) is 52.6 Å². The molecule has 0 fully saturated rings. The predicted molar refractivity (Wildman–Crippen MR) is 110 cm³/mol. The van der Waals surface area contributed by atoms with Gasteiger partial charge in [-0.3, -0.25) is 20.3 Å². The molecule has 0 aliphatic heterocycles. The molecule has 0 bridgehead atoms. The van der Waals surface area contributed by atoms with E-state index in [0.717, 1.165) is 5.69 Å². The number of hydrogen-bond acceptors (Lipinski definition) is 3. The number of benzene rings is 1. The van der Waals surface area contributed by atoms with Gasteiger partial charge in [0, 0.05) is 18.2 Å². The van der Waals surface area contributed by atoms with Gasteiger partial charge in [0.05, 0.1) is 11.4 Å². The zero-order chi connectivity index (χ0) is 20.0. The van der Waals surface area contributed by atoms with E-state index < -0.39 is 11.7 Å². The smallest absolute Gasteiger partial charge is 0.262 e. The molecule has 144 valence electrons. The van der Waals surface area contributed by atoms with Crippen LogP contribution in [0.1, 0.15) is 25.1 Å². The molecule has 6 nitrogen and oxygen atoms in total. The van der Waals surface area contributed by atoms with Crippen molar-refractivity contribution in [3.63, 3.8) is 0 Å². The number of para-hydroxylation sites is 1. The van der Waals surface area contributed by atoms with Gasteiger partial charge >= 0.3 is 0 Å². The van der Waals surface area contributed by atoms with Crippen LogP contribution >= 0.6 is 23.8 Å². The van der Waals surface area contributed by atoms with E-state index >= 15 is 0 Å². The molecule has 0 saturated carbocycles. The first-order valence-corrected chi connectivity index (χ1v) is 9.09. The Morgan fingerprint density at radius 3 is 2.74 bits per heavy atom. The monoisotopic (exact) mass is 409 g/mol. The molecule has 0 aliphatic rings. The average Bonchev–Trinajstić information content (AvgIpc) is 2.86. The Morgan fingerprint density at radius 2 is 2.07 bits per heavy atom. The number of rotatable bonds is 5. The number of aromatic nitrogens is 2. The summed E-state index contributed by atoms with van der Waals surface area (Å²) in [7, 11) is 0. The zero-order valence-electron chi connectivity index (χ0n) is 15.2. The molecule has 2 aromatic rings. The highest BCUT2D eigenvalue weighted by atomic mass is 35.5. The van der Waals surface area contributed by atoms with Gasteiger partial charge in [0.25, 0.3) is 5.91 Å². The molecule has 1 amide bonds. The largest absolute Gasteiger partial charge is 0.329 e. The van der Waals surface area contributed by atoms with Crippen LogP contribution in [0.4, 0.5) is 10.1 Å². The third-order valence-corrected chi connectivity index (χ3v) is 4.07. The fraction of sp³-hybridized carbons (Fsp3) is 0.278. The number of hydrogen-bond donors (Lipinski definition) is 3. The van der Waals surface area contributed by atoms with Gasteiger partial charge in [0.1, 0.15) is 11.0 Å². The number of aryl methyl sites for hydroxylation is 1. The number of hydrazine groups is 1. The minimum absolute atomic E-state index is 0.0563. The van der Waals surface area contributed by atoms with Crippen LogP contribution < -0.4 is 16.2 Å². The summed E-state index contributed by atoms with van der Waals surface area (Å²) in [6.07, 6.45) is 2.90. The highest BCUT2D eigenvalue weighted by Gasteiger charge is 2.12. The second kappa shape index (κ2) is 9.48. The summed E-state index contributed by atoms with van der Waals surface area (Å²) in [5.41, 5.74) is 6.52. The summed E-state index contributed by atoms with van der Waals surface area (Å²) in [6, 6.07) is 6.07. The van der Waals surface area contributed by atoms with Gasteiger partial charge in [0.2, 0.25) is 0 Å². The van der Waals surface area contributed by atoms with Crippen molar-refractivity contribution >= 4 is 46.6 Å². The first kappa shape index (κ1) is 20.9. The van der Waals surface area contributed by atoms with E-state index in [-0.39, 0.29) is 10.8 Å². The summed E-state index contributed by atoms with van der Waals surface area (Å²) in [5, 5.41) is 7.57. The Bertz CT molecular complexity index is 865. The van der Waals surface area contributed by atoms with Crippen LogP contribution in [0.3, 0.4) is 0 Å². The number of carbonyl (C=O) groups excluding carboxylic acids is 1. The zero-order valence-corrected chi connectivity index (χ0v) is 16.8. The molecule has 1 aromatic heterocycles. The molecule has 0 radical (unpaired) electrons. The molecule has 0 saturated heterocycles. The molecular formula is C18H21ClFN5OS. The molecule has 1 heterocycles. The normalized spacial score (nSPS) is 11.0. The minimum Gasteiger partial charge on any atom is -0.329 e. The quantitative estimate of drug-likeness (QED) is 0.399. The van der Waals surface area contributed by atoms with Gasteiger partial charge in [-0.15, -0.1) is 0 Å². The molecule has 0 spiro atoms. The van der Waals surface area contributed by atoms with Crippen LogP contribution in [0.5, 0.6) is 0 Å². The lowest BCUT2D eigenvalue weighted by molar-refractivity contribution is -0.116. The number of thiocarbonyl (C=S) groups is 1. The van der Waals surface area contributed by atoms with Crippen molar-refractivity contribution in [2.24, 2.45) is 5.92 Å². The van der Waals surface area contributed by atoms with E-state index in [1.165, 1.54) is 18.2 Å². The summed E-state index contributed by atoms with van der Waals surface area (Å²) < 4.78 is 15.3. The molecule has 0 unspecified atom stereocenters. The summed E-state index contributed by atoms with van der Waals surface area (Å²) in [4.78, 5) is 12.0. The van der Waals surface area contributed by atoms with Crippen molar-refractivity contribution in [1.29, 1.82) is 0 Å². The van der Waals surface area contributed by atoms with E-state index in [2.05, 4.69) is 35.1 Å². The van der Waals surface area contributed by atoms with E-state index in [9.17, 15) is 9.18 Å². The van der Waals surface area contributed by atoms with Crippen LogP contribution in [0, 0.1) is 18.7 Å². The number of nitrogens with one attached hydrogen (secondary N) is 3. The molecule has 27 heavy (non-hydrogen) atoms. The van der Waals surface area contributed by atoms with Gasteiger partial charge < -0.3 is 5.32 Å². The highest BCUT2D eigenvalue weighted by Crippen LogP contribution is 2.22. The van der Waals surface area contributed by atoms with Crippen molar-refractivity contribution < 1.29 is 9.18 Å². The second-order valence-corrected chi connectivity index (χ2v) is 7.01.